The first kappa shape index (κ1) is 19.8. The van der Waals surface area contributed by atoms with Crippen LogP contribution in [0.1, 0.15) is 49.9 Å². The lowest BCUT2D eigenvalue weighted by molar-refractivity contribution is -0.393. The first-order chi connectivity index (χ1) is 11.3. The smallest absolute Gasteiger partial charge is 0.295 e. The average Bonchev–Trinajstić information content (AvgIpc) is 2.54. The Balaban J connectivity index is 3.27. The van der Waals surface area contributed by atoms with Crippen LogP contribution < -0.4 is 0 Å². The highest BCUT2D eigenvalue weighted by atomic mass is 35.5. The summed E-state index contributed by atoms with van der Waals surface area (Å²) in [5, 5.41) is 21.5. The molecule has 0 aromatic heterocycles. The van der Waals surface area contributed by atoms with Crippen molar-refractivity contribution in [1.82, 2.24) is 4.90 Å². The topological polar surface area (TPSA) is 107 Å². The van der Waals surface area contributed by atoms with E-state index in [0.29, 0.717) is 13.1 Å². The lowest BCUT2D eigenvalue weighted by Gasteiger charge is -2.22. The van der Waals surface area contributed by atoms with Crippen LogP contribution in [0.2, 0.25) is 5.02 Å². The molecule has 0 aliphatic rings. The summed E-state index contributed by atoms with van der Waals surface area (Å²) in [5.41, 5.74) is -1.37. The van der Waals surface area contributed by atoms with Crippen LogP contribution in [0.25, 0.3) is 0 Å². The maximum absolute atomic E-state index is 12.7. The number of carbonyl (C=O) groups excluding carboxylic acids is 1. The molecule has 0 heterocycles. The van der Waals surface area contributed by atoms with Gasteiger partial charge in [-0.25, -0.2) is 0 Å². The van der Waals surface area contributed by atoms with Crippen molar-refractivity contribution >= 4 is 28.9 Å². The molecule has 1 aromatic rings. The highest BCUT2D eigenvalue weighted by Crippen LogP contribution is 2.35. The third-order valence-electron chi connectivity index (χ3n) is 3.52. The molecule has 8 nitrogen and oxygen atoms in total. The molecule has 132 valence electrons. The molecular weight excluding hydrogens is 338 g/mol. The summed E-state index contributed by atoms with van der Waals surface area (Å²) in [4.78, 5) is 34.7. The number of amides is 1. The molecule has 1 aromatic carbocycles. The molecule has 1 rings (SSSR count). The zero-order valence-electron chi connectivity index (χ0n) is 13.7. The fourth-order valence-electron chi connectivity index (χ4n) is 2.18. The summed E-state index contributed by atoms with van der Waals surface area (Å²) in [6, 6.07) is 2.01. The summed E-state index contributed by atoms with van der Waals surface area (Å²) in [6.07, 6.45) is 3.34. The zero-order chi connectivity index (χ0) is 18.3. The van der Waals surface area contributed by atoms with Crippen molar-refractivity contribution in [3.63, 3.8) is 0 Å². The number of benzene rings is 1. The summed E-state index contributed by atoms with van der Waals surface area (Å²) < 4.78 is 0. The van der Waals surface area contributed by atoms with Crippen LogP contribution in [0.4, 0.5) is 11.4 Å². The molecule has 0 unspecified atom stereocenters. The zero-order valence-corrected chi connectivity index (χ0v) is 14.4. The molecule has 0 radical (unpaired) electrons. The van der Waals surface area contributed by atoms with E-state index in [1.807, 2.05) is 13.8 Å². The summed E-state index contributed by atoms with van der Waals surface area (Å²) >= 11 is 5.71. The number of rotatable bonds is 9. The van der Waals surface area contributed by atoms with Crippen LogP contribution in [0.3, 0.4) is 0 Å². The van der Waals surface area contributed by atoms with E-state index in [9.17, 15) is 25.0 Å². The molecule has 0 spiro atoms. The third-order valence-corrected chi connectivity index (χ3v) is 3.91. The maximum atomic E-state index is 12.7. The van der Waals surface area contributed by atoms with Gasteiger partial charge in [-0.1, -0.05) is 38.3 Å². The number of carbonyl (C=O) groups is 1. The number of hydrogen-bond donors (Lipinski definition) is 0. The van der Waals surface area contributed by atoms with E-state index in [1.165, 1.54) is 0 Å². The van der Waals surface area contributed by atoms with Crippen molar-refractivity contribution in [2.24, 2.45) is 0 Å². The van der Waals surface area contributed by atoms with E-state index >= 15 is 0 Å². The number of nitro benzene ring substituents is 2. The summed E-state index contributed by atoms with van der Waals surface area (Å²) in [6.45, 7) is 4.97. The second-order valence-corrected chi connectivity index (χ2v) is 5.72. The minimum atomic E-state index is -0.825. The Labute approximate surface area is 144 Å². The Morgan fingerprint density at radius 2 is 1.46 bits per heavy atom. The van der Waals surface area contributed by atoms with Gasteiger partial charge in [0.2, 0.25) is 0 Å². The fraction of sp³-hybridized carbons (Fsp3) is 0.533. The largest absolute Gasteiger partial charge is 0.339 e. The van der Waals surface area contributed by atoms with Crippen molar-refractivity contribution in [3.8, 4) is 0 Å². The lowest BCUT2D eigenvalue weighted by atomic mass is 10.1. The molecule has 0 saturated carbocycles. The monoisotopic (exact) mass is 357 g/mol. The van der Waals surface area contributed by atoms with Crippen LogP contribution in [0.15, 0.2) is 12.1 Å². The normalized spacial score (nSPS) is 10.5. The van der Waals surface area contributed by atoms with Gasteiger partial charge in [0.05, 0.1) is 15.4 Å². The Hall–Kier alpha value is -2.22. The Bertz CT molecular complexity index is 593. The Morgan fingerprint density at radius 1 is 1.04 bits per heavy atom. The number of unbranched alkanes of at least 4 members (excludes halogenated alkanes) is 2. The number of hydrogen-bond acceptors (Lipinski definition) is 5. The van der Waals surface area contributed by atoms with E-state index < -0.39 is 32.2 Å². The molecule has 0 saturated heterocycles. The fourth-order valence-corrected chi connectivity index (χ4v) is 2.43. The van der Waals surface area contributed by atoms with E-state index in [2.05, 4.69) is 0 Å². The van der Waals surface area contributed by atoms with Crippen LogP contribution in [-0.4, -0.2) is 33.7 Å². The number of nitrogens with zero attached hydrogens (tertiary/aromatic N) is 3. The van der Waals surface area contributed by atoms with Gasteiger partial charge in [0.15, 0.2) is 5.02 Å². The van der Waals surface area contributed by atoms with Crippen LogP contribution in [-0.2, 0) is 0 Å². The summed E-state index contributed by atoms with van der Waals surface area (Å²) in [7, 11) is 0. The van der Waals surface area contributed by atoms with E-state index in [0.717, 1.165) is 37.8 Å². The van der Waals surface area contributed by atoms with Crippen molar-refractivity contribution < 1.29 is 14.6 Å². The minimum absolute atomic E-state index is 0.0926. The predicted octanol–water partition coefficient (Wildman–Crippen LogP) is 4.20. The molecule has 0 atom stereocenters. The lowest BCUT2D eigenvalue weighted by Crippen LogP contribution is -2.33. The van der Waals surface area contributed by atoms with Crippen LogP contribution >= 0.6 is 11.6 Å². The highest BCUT2D eigenvalue weighted by Gasteiger charge is 2.28. The van der Waals surface area contributed by atoms with Crippen molar-refractivity contribution in [2.45, 2.75) is 39.5 Å². The Kier molecular flexibility index (Phi) is 7.57. The molecule has 9 heteroatoms. The van der Waals surface area contributed by atoms with Gasteiger partial charge < -0.3 is 4.90 Å². The molecule has 24 heavy (non-hydrogen) atoms. The van der Waals surface area contributed by atoms with Gasteiger partial charge in [0.25, 0.3) is 17.3 Å². The van der Waals surface area contributed by atoms with Gasteiger partial charge in [0.1, 0.15) is 0 Å². The molecule has 0 N–H and O–H groups in total. The molecule has 1 amide bonds. The average molecular weight is 358 g/mol. The molecule has 0 aliphatic carbocycles. The SMILES string of the molecule is CCCCN(CCCC)C(=O)c1cc([N+](=O)[O-])c(Cl)c([N+](=O)[O-])c1. The molecular formula is C15H20ClN3O5. The van der Waals surface area contributed by atoms with E-state index in [1.54, 1.807) is 4.90 Å². The second kappa shape index (κ2) is 9.17. The highest BCUT2D eigenvalue weighted by molar-refractivity contribution is 6.35. The Morgan fingerprint density at radius 3 is 1.79 bits per heavy atom. The third kappa shape index (κ3) is 4.89. The van der Waals surface area contributed by atoms with Crippen molar-refractivity contribution in [3.05, 3.63) is 42.9 Å². The maximum Gasteiger partial charge on any atom is 0.295 e. The van der Waals surface area contributed by atoms with Crippen LogP contribution in [0, 0.1) is 20.2 Å². The van der Waals surface area contributed by atoms with Gasteiger partial charge in [-0.3, -0.25) is 25.0 Å². The predicted molar refractivity (Wildman–Crippen MR) is 90.5 cm³/mol. The number of halogens is 1. The molecule has 0 fully saturated rings. The van der Waals surface area contributed by atoms with Gasteiger partial charge in [-0.05, 0) is 12.8 Å². The van der Waals surface area contributed by atoms with Crippen molar-refractivity contribution in [2.75, 3.05) is 13.1 Å². The van der Waals surface area contributed by atoms with E-state index in [-0.39, 0.29) is 5.56 Å². The first-order valence-corrected chi connectivity index (χ1v) is 8.12. The summed E-state index contributed by atoms with van der Waals surface area (Å²) in [5.74, 6) is -0.459. The quantitative estimate of drug-likeness (QED) is 0.486. The standard InChI is InChI=1S/C15H20ClN3O5/c1-3-5-7-17(8-6-4-2)15(20)11-9-12(18(21)22)14(16)13(10-11)19(23)24/h9-10H,3-8H2,1-2H3. The van der Waals surface area contributed by atoms with E-state index in [4.69, 9.17) is 11.6 Å². The van der Waals surface area contributed by atoms with Gasteiger partial charge in [-0.15, -0.1) is 0 Å². The first-order valence-electron chi connectivity index (χ1n) is 7.75. The molecule has 0 aliphatic heterocycles. The van der Waals surface area contributed by atoms with Crippen LogP contribution in [0.5, 0.6) is 0 Å². The number of nitro groups is 2. The van der Waals surface area contributed by atoms with Gasteiger partial charge >= 0.3 is 0 Å². The molecule has 0 bridgehead atoms. The van der Waals surface area contributed by atoms with Crippen molar-refractivity contribution in [1.29, 1.82) is 0 Å². The minimum Gasteiger partial charge on any atom is -0.339 e. The van der Waals surface area contributed by atoms with Gasteiger partial charge in [-0.2, -0.15) is 0 Å². The second-order valence-electron chi connectivity index (χ2n) is 5.34. The van der Waals surface area contributed by atoms with Gasteiger partial charge in [0, 0.05) is 25.2 Å².